The Labute approximate surface area is 121 Å². The molecule has 5 nitrogen and oxygen atoms in total. The second kappa shape index (κ2) is 5.28. The molecule has 1 saturated heterocycles. The lowest BCUT2D eigenvalue weighted by Crippen LogP contribution is -2.43. The van der Waals surface area contributed by atoms with Gasteiger partial charge in [0.2, 0.25) is 15.9 Å². The van der Waals surface area contributed by atoms with Crippen molar-refractivity contribution in [3.63, 3.8) is 0 Å². The van der Waals surface area contributed by atoms with E-state index in [1.165, 1.54) is 18.2 Å². The van der Waals surface area contributed by atoms with E-state index in [4.69, 9.17) is 28.9 Å². The second-order valence-corrected chi connectivity index (χ2v) is 6.95. The molecule has 1 aromatic carbocycles. The summed E-state index contributed by atoms with van der Waals surface area (Å²) in [4.78, 5) is 11.2. The van der Waals surface area contributed by atoms with E-state index in [-0.39, 0.29) is 21.5 Å². The average molecular weight is 323 g/mol. The highest BCUT2D eigenvalue weighted by molar-refractivity contribution is 7.89. The normalized spacial score (nSPS) is 20.6. The molecular weight excluding hydrogens is 311 g/mol. The molecule has 2 rings (SSSR count). The molecule has 0 aliphatic carbocycles. The molecule has 0 aromatic heterocycles. The molecule has 19 heavy (non-hydrogen) atoms. The molecule has 0 bridgehead atoms. The van der Waals surface area contributed by atoms with Gasteiger partial charge in [0.1, 0.15) is 10.9 Å². The predicted octanol–water partition coefficient (Wildman–Crippen LogP) is 1.63. The van der Waals surface area contributed by atoms with Crippen molar-refractivity contribution in [3.8, 4) is 0 Å². The Hall–Kier alpha value is -0.820. The van der Waals surface area contributed by atoms with E-state index in [9.17, 15) is 13.2 Å². The van der Waals surface area contributed by atoms with E-state index in [2.05, 4.69) is 0 Å². The topological polar surface area (TPSA) is 80.5 Å². The van der Waals surface area contributed by atoms with Crippen molar-refractivity contribution in [3.05, 3.63) is 28.2 Å². The largest absolute Gasteiger partial charge is 0.368 e. The van der Waals surface area contributed by atoms with Crippen LogP contribution in [0.2, 0.25) is 10.0 Å². The van der Waals surface area contributed by atoms with Crippen LogP contribution in [0.15, 0.2) is 23.1 Å². The number of hydrogen-bond donors (Lipinski definition) is 1. The van der Waals surface area contributed by atoms with E-state index in [0.717, 1.165) is 4.31 Å². The van der Waals surface area contributed by atoms with Gasteiger partial charge in [0.05, 0.1) is 5.02 Å². The summed E-state index contributed by atoms with van der Waals surface area (Å²) >= 11 is 11.7. The zero-order valence-corrected chi connectivity index (χ0v) is 12.2. The van der Waals surface area contributed by atoms with E-state index in [1.807, 2.05) is 0 Å². The highest BCUT2D eigenvalue weighted by Crippen LogP contribution is 2.31. The van der Waals surface area contributed by atoms with Crippen LogP contribution in [0, 0.1) is 0 Å². The Morgan fingerprint density at radius 2 is 2.05 bits per heavy atom. The second-order valence-electron chi connectivity index (χ2n) is 4.25. The van der Waals surface area contributed by atoms with Crippen molar-refractivity contribution in [2.75, 3.05) is 6.54 Å². The van der Waals surface area contributed by atoms with Crippen LogP contribution in [0.3, 0.4) is 0 Å². The van der Waals surface area contributed by atoms with Crippen molar-refractivity contribution in [1.82, 2.24) is 4.31 Å². The van der Waals surface area contributed by atoms with Crippen molar-refractivity contribution in [2.45, 2.75) is 23.8 Å². The fourth-order valence-corrected chi connectivity index (χ4v) is 4.52. The summed E-state index contributed by atoms with van der Waals surface area (Å²) in [6, 6.07) is 3.36. The van der Waals surface area contributed by atoms with Gasteiger partial charge in [-0.3, -0.25) is 4.79 Å². The van der Waals surface area contributed by atoms with Gasteiger partial charge in [-0.25, -0.2) is 8.42 Å². The van der Waals surface area contributed by atoms with Crippen LogP contribution >= 0.6 is 23.2 Å². The number of benzene rings is 1. The maximum Gasteiger partial charge on any atom is 0.245 e. The maximum absolute atomic E-state index is 12.5. The Bertz CT molecular complexity index is 618. The minimum Gasteiger partial charge on any atom is -0.368 e. The highest BCUT2D eigenvalue weighted by Gasteiger charge is 2.39. The van der Waals surface area contributed by atoms with Crippen molar-refractivity contribution in [2.24, 2.45) is 5.73 Å². The molecule has 0 saturated carbocycles. The number of sulfonamides is 1. The van der Waals surface area contributed by atoms with E-state index in [0.29, 0.717) is 12.8 Å². The SMILES string of the molecule is NC(=O)C1CCCN1S(=O)(=O)c1cc(Cl)ccc1Cl. The molecule has 1 fully saturated rings. The molecule has 1 atom stereocenters. The van der Waals surface area contributed by atoms with Gasteiger partial charge in [-0.1, -0.05) is 23.2 Å². The predicted molar refractivity (Wildman–Crippen MR) is 72.6 cm³/mol. The third-order valence-electron chi connectivity index (χ3n) is 3.01. The monoisotopic (exact) mass is 322 g/mol. The van der Waals surface area contributed by atoms with Gasteiger partial charge in [0.25, 0.3) is 0 Å². The van der Waals surface area contributed by atoms with E-state index >= 15 is 0 Å². The fourth-order valence-electron chi connectivity index (χ4n) is 2.11. The lowest BCUT2D eigenvalue weighted by Gasteiger charge is -2.22. The molecule has 2 N–H and O–H groups in total. The zero-order chi connectivity index (χ0) is 14.2. The fraction of sp³-hybridized carbons (Fsp3) is 0.364. The van der Waals surface area contributed by atoms with E-state index < -0.39 is 22.0 Å². The van der Waals surface area contributed by atoms with Gasteiger partial charge in [-0.2, -0.15) is 4.31 Å². The Morgan fingerprint density at radius 3 is 2.68 bits per heavy atom. The van der Waals surface area contributed by atoms with Crippen molar-refractivity contribution >= 4 is 39.1 Å². The molecule has 1 amide bonds. The van der Waals surface area contributed by atoms with E-state index in [1.54, 1.807) is 0 Å². The molecule has 0 radical (unpaired) electrons. The number of rotatable bonds is 3. The number of halogens is 2. The van der Waals surface area contributed by atoms with Gasteiger partial charge in [-0.05, 0) is 31.0 Å². The summed E-state index contributed by atoms with van der Waals surface area (Å²) in [5.41, 5.74) is 5.23. The van der Waals surface area contributed by atoms with Crippen LogP contribution in [0.4, 0.5) is 0 Å². The lowest BCUT2D eigenvalue weighted by atomic mass is 10.2. The molecule has 0 spiro atoms. The molecular formula is C11H12Cl2N2O3S. The molecule has 8 heteroatoms. The summed E-state index contributed by atoms with van der Waals surface area (Å²) in [5.74, 6) is -0.653. The first kappa shape index (κ1) is 14.6. The maximum atomic E-state index is 12.5. The number of amides is 1. The Balaban J connectivity index is 2.48. The van der Waals surface area contributed by atoms with Crippen LogP contribution in [0.25, 0.3) is 0 Å². The number of hydrogen-bond acceptors (Lipinski definition) is 3. The van der Waals surface area contributed by atoms with Gasteiger partial charge in [0, 0.05) is 11.6 Å². The van der Waals surface area contributed by atoms with Crippen molar-refractivity contribution in [1.29, 1.82) is 0 Å². The molecule has 104 valence electrons. The number of primary amides is 1. The van der Waals surface area contributed by atoms with Gasteiger partial charge >= 0.3 is 0 Å². The standard InChI is InChI=1S/C11H12Cl2N2O3S/c12-7-3-4-8(13)10(6-7)19(17,18)15-5-1-2-9(15)11(14)16/h3-4,6,9H,1-2,5H2,(H2,14,16). The number of carbonyl (C=O) groups is 1. The summed E-state index contributed by atoms with van der Waals surface area (Å²) in [6.07, 6.45) is 1.01. The smallest absolute Gasteiger partial charge is 0.245 e. The number of nitrogens with zero attached hydrogens (tertiary/aromatic N) is 1. The first-order valence-corrected chi connectivity index (χ1v) is 7.80. The molecule has 1 aliphatic rings. The average Bonchev–Trinajstić information content (AvgIpc) is 2.82. The first-order chi connectivity index (χ1) is 8.84. The number of carbonyl (C=O) groups excluding carboxylic acids is 1. The molecule has 1 aliphatic heterocycles. The molecule has 1 heterocycles. The van der Waals surface area contributed by atoms with Crippen LogP contribution in [0.1, 0.15) is 12.8 Å². The third-order valence-corrected chi connectivity index (χ3v) is 5.64. The van der Waals surface area contributed by atoms with Crippen molar-refractivity contribution < 1.29 is 13.2 Å². The van der Waals surface area contributed by atoms with Gasteiger partial charge in [0.15, 0.2) is 0 Å². The Morgan fingerprint density at radius 1 is 1.37 bits per heavy atom. The molecule has 1 unspecified atom stereocenters. The highest BCUT2D eigenvalue weighted by atomic mass is 35.5. The van der Waals surface area contributed by atoms with Gasteiger partial charge < -0.3 is 5.73 Å². The minimum atomic E-state index is -3.87. The summed E-state index contributed by atoms with van der Waals surface area (Å²) in [6.45, 7) is 0.249. The Kier molecular flexibility index (Phi) is 4.06. The van der Waals surface area contributed by atoms with Crippen LogP contribution in [0.5, 0.6) is 0 Å². The zero-order valence-electron chi connectivity index (χ0n) is 9.84. The molecule has 1 aromatic rings. The number of nitrogens with two attached hydrogens (primary N) is 1. The summed E-state index contributed by atoms with van der Waals surface area (Å²) in [5, 5.41) is 0.331. The minimum absolute atomic E-state index is 0.0690. The first-order valence-electron chi connectivity index (χ1n) is 5.60. The third kappa shape index (κ3) is 2.72. The lowest BCUT2D eigenvalue weighted by molar-refractivity contribution is -0.121. The van der Waals surface area contributed by atoms with Crippen LogP contribution in [-0.4, -0.2) is 31.2 Å². The summed E-state index contributed by atoms with van der Waals surface area (Å²) < 4.78 is 26.1. The quantitative estimate of drug-likeness (QED) is 0.918. The van der Waals surface area contributed by atoms with Gasteiger partial charge in [-0.15, -0.1) is 0 Å². The summed E-state index contributed by atoms with van der Waals surface area (Å²) in [7, 11) is -3.87. The van der Waals surface area contributed by atoms with Crippen LogP contribution < -0.4 is 5.73 Å². The van der Waals surface area contributed by atoms with Crippen LogP contribution in [-0.2, 0) is 14.8 Å².